The Morgan fingerprint density at radius 3 is 2.70 bits per heavy atom. The molecular weight excluding hydrogens is 350 g/mol. The van der Waals surface area contributed by atoms with Gasteiger partial charge in [-0.25, -0.2) is 8.78 Å². The second-order valence-electron chi connectivity index (χ2n) is 7.52. The van der Waals surface area contributed by atoms with E-state index in [-0.39, 0.29) is 11.7 Å². The molecule has 1 unspecified atom stereocenters. The van der Waals surface area contributed by atoms with Crippen molar-refractivity contribution in [2.45, 2.75) is 38.6 Å². The monoisotopic (exact) mass is 380 g/mol. The van der Waals surface area contributed by atoms with E-state index in [1.54, 1.807) is 11.9 Å². The molecule has 150 valence electrons. The Balaban J connectivity index is 1.48. The Morgan fingerprint density at radius 1 is 1.33 bits per heavy atom. The predicted octanol–water partition coefficient (Wildman–Crippen LogP) is 2.92. The Bertz CT molecular complexity index is 643. The Labute approximate surface area is 160 Å². The SMILES string of the molecule is CCOCCC1(CNC(=NC)NC2CCN(c3c(F)cccc3F)C2)CC1. The lowest BCUT2D eigenvalue weighted by Crippen LogP contribution is -2.46. The molecule has 1 aromatic rings. The van der Waals surface area contributed by atoms with Crippen molar-refractivity contribution in [2.75, 3.05) is 44.8 Å². The fourth-order valence-corrected chi connectivity index (χ4v) is 3.66. The molecule has 27 heavy (non-hydrogen) atoms. The molecule has 2 fully saturated rings. The normalized spacial score (nSPS) is 21.4. The lowest BCUT2D eigenvalue weighted by atomic mass is 10.0. The van der Waals surface area contributed by atoms with Gasteiger partial charge in [0.2, 0.25) is 0 Å². The highest BCUT2D eigenvalue weighted by atomic mass is 19.1. The van der Waals surface area contributed by atoms with Gasteiger partial charge < -0.3 is 20.3 Å². The van der Waals surface area contributed by atoms with Crippen LogP contribution in [-0.4, -0.2) is 51.9 Å². The summed E-state index contributed by atoms with van der Waals surface area (Å²) in [5.74, 6) is -0.273. The molecule has 3 rings (SSSR count). The van der Waals surface area contributed by atoms with Crippen LogP contribution >= 0.6 is 0 Å². The molecule has 0 amide bonds. The lowest BCUT2D eigenvalue weighted by molar-refractivity contribution is 0.128. The predicted molar refractivity (Wildman–Crippen MR) is 104 cm³/mol. The fraction of sp³-hybridized carbons (Fsp3) is 0.650. The minimum Gasteiger partial charge on any atom is -0.382 e. The molecule has 2 N–H and O–H groups in total. The second kappa shape index (κ2) is 8.87. The number of hydrogen-bond acceptors (Lipinski definition) is 3. The standard InChI is InChI=1S/C20H30F2N4O/c1-3-27-12-10-20(8-9-20)14-24-19(23-2)25-15-7-11-26(13-15)18-16(21)5-4-6-17(18)22/h4-6,15H,3,7-14H2,1-2H3,(H2,23,24,25). The third-order valence-corrected chi connectivity index (χ3v) is 5.58. The third-order valence-electron chi connectivity index (χ3n) is 5.58. The van der Waals surface area contributed by atoms with Crippen molar-refractivity contribution in [1.82, 2.24) is 10.6 Å². The Kier molecular flexibility index (Phi) is 6.52. The van der Waals surface area contributed by atoms with Crippen LogP contribution in [0.1, 0.15) is 32.6 Å². The third kappa shape index (κ3) is 5.09. The van der Waals surface area contributed by atoms with Crippen LogP contribution in [0.5, 0.6) is 0 Å². The average Bonchev–Trinajstić information content (AvgIpc) is 3.28. The van der Waals surface area contributed by atoms with Crippen LogP contribution in [0.15, 0.2) is 23.2 Å². The maximum atomic E-state index is 14.0. The summed E-state index contributed by atoms with van der Waals surface area (Å²) in [7, 11) is 1.75. The first-order chi connectivity index (χ1) is 13.1. The highest BCUT2D eigenvalue weighted by Crippen LogP contribution is 2.48. The first kappa shape index (κ1) is 19.9. The van der Waals surface area contributed by atoms with E-state index in [9.17, 15) is 8.78 Å². The van der Waals surface area contributed by atoms with Gasteiger partial charge in [0.05, 0.1) is 0 Å². The van der Waals surface area contributed by atoms with Gasteiger partial charge in [-0.1, -0.05) is 6.07 Å². The number of nitrogens with one attached hydrogen (secondary N) is 2. The number of guanidine groups is 1. The summed E-state index contributed by atoms with van der Waals surface area (Å²) in [5.41, 5.74) is 0.391. The van der Waals surface area contributed by atoms with Gasteiger partial charge in [0, 0.05) is 45.9 Å². The molecule has 2 aliphatic rings. The number of rotatable bonds is 8. The number of hydrogen-bond donors (Lipinski definition) is 2. The summed E-state index contributed by atoms with van der Waals surface area (Å²) in [6.45, 7) is 5.61. The molecule has 1 saturated carbocycles. The molecule has 1 saturated heterocycles. The highest BCUT2D eigenvalue weighted by molar-refractivity contribution is 5.80. The molecule has 0 aromatic heterocycles. The minimum absolute atomic E-state index is 0.0672. The van der Waals surface area contributed by atoms with Crippen LogP contribution in [0.25, 0.3) is 0 Å². The van der Waals surface area contributed by atoms with Crippen molar-refractivity contribution < 1.29 is 13.5 Å². The first-order valence-corrected chi connectivity index (χ1v) is 9.81. The molecule has 0 radical (unpaired) electrons. The highest BCUT2D eigenvalue weighted by Gasteiger charge is 2.42. The zero-order valence-electron chi connectivity index (χ0n) is 16.2. The van der Waals surface area contributed by atoms with Crippen molar-refractivity contribution in [3.63, 3.8) is 0 Å². The molecule has 1 aliphatic carbocycles. The zero-order valence-corrected chi connectivity index (χ0v) is 16.2. The molecule has 1 aliphatic heterocycles. The van der Waals surface area contributed by atoms with Gasteiger partial charge >= 0.3 is 0 Å². The van der Waals surface area contributed by atoms with Crippen molar-refractivity contribution in [1.29, 1.82) is 0 Å². The van der Waals surface area contributed by atoms with E-state index in [1.807, 2.05) is 6.92 Å². The molecule has 1 heterocycles. The Morgan fingerprint density at radius 2 is 2.07 bits per heavy atom. The van der Waals surface area contributed by atoms with Crippen LogP contribution in [0.4, 0.5) is 14.5 Å². The summed E-state index contributed by atoms with van der Waals surface area (Å²) in [6, 6.07) is 4.10. The van der Waals surface area contributed by atoms with E-state index < -0.39 is 11.6 Å². The van der Waals surface area contributed by atoms with Crippen LogP contribution in [0, 0.1) is 17.0 Å². The van der Waals surface area contributed by atoms with Gasteiger partial charge in [-0.15, -0.1) is 0 Å². The van der Waals surface area contributed by atoms with Crippen LogP contribution in [0.3, 0.4) is 0 Å². The average molecular weight is 380 g/mol. The van der Waals surface area contributed by atoms with Crippen molar-refractivity contribution in [2.24, 2.45) is 10.4 Å². The topological polar surface area (TPSA) is 48.9 Å². The number of ether oxygens (including phenoxy) is 1. The van der Waals surface area contributed by atoms with Crippen LogP contribution in [0.2, 0.25) is 0 Å². The smallest absolute Gasteiger partial charge is 0.191 e. The summed E-state index contributed by atoms with van der Waals surface area (Å²) >= 11 is 0. The summed E-state index contributed by atoms with van der Waals surface area (Å²) in [6.07, 6.45) is 4.31. The molecule has 0 bridgehead atoms. The number of halogens is 2. The van der Waals surface area contributed by atoms with Crippen molar-refractivity contribution in [3.8, 4) is 0 Å². The summed E-state index contributed by atoms with van der Waals surface area (Å²) < 4.78 is 33.5. The van der Waals surface area contributed by atoms with Gasteiger partial charge in [0.15, 0.2) is 5.96 Å². The first-order valence-electron chi connectivity index (χ1n) is 9.81. The van der Waals surface area contributed by atoms with E-state index >= 15 is 0 Å². The molecule has 5 nitrogen and oxygen atoms in total. The molecule has 1 atom stereocenters. The Hall–Kier alpha value is -1.89. The maximum absolute atomic E-state index is 14.0. The van der Waals surface area contributed by atoms with Gasteiger partial charge in [-0.3, -0.25) is 4.99 Å². The van der Waals surface area contributed by atoms with E-state index in [4.69, 9.17) is 4.74 Å². The number of nitrogens with zero attached hydrogens (tertiary/aromatic N) is 2. The number of aliphatic imine (C=N–C) groups is 1. The second-order valence-corrected chi connectivity index (χ2v) is 7.52. The summed E-state index contributed by atoms with van der Waals surface area (Å²) in [4.78, 5) is 6.07. The van der Waals surface area contributed by atoms with Gasteiger partial charge in [0.25, 0.3) is 0 Å². The quantitative estimate of drug-likeness (QED) is 0.414. The molecule has 1 aromatic carbocycles. The largest absolute Gasteiger partial charge is 0.382 e. The molecule has 0 spiro atoms. The van der Waals surface area contributed by atoms with Gasteiger partial charge in [0.1, 0.15) is 17.3 Å². The molecule has 7 heteroatoms. The van der Waals surface area contributed by atoms with Gasteiger partial charge in [-0.05, 0) is 50.2 Å². The maximum Gasteiger partial charge on any atom is 0.191 e. The van der Waals surface area contributed by atoms with Crippen molar-refractivity contribution in [3.05, 3.63) is 29.8 Å². The van der Waals surface area contributed by atoms with Crippen molar-refractivity contribution >= 4 is 11.6 Å². The van der Waals surface area contributed by atoms with E-state index in [0.717, 1.165) is 38.6 Å². The van der Waals surface area contributed by atoms with E-state index in [1.165, 1.54) is 31.0 Å². The number of anilines is 1. The number of para-hydroxylation sites is 1. The minimum atomic E-state index is -0.511. The molecular formula is C20H30F2N4O. The lowest BCUT2D eigenvalue weighted by Gasteiger charge is -2.22. The summed E-state index contributed by atoms with van der Waals surface area (Å²) in [5, 5.41) is 6.81. The van der Waals surface area contributed by atoms with Crippen LogP contribution in [-0.2, 0) is 4.74 Å². The van der Waals surface area contributed by atoms with Gasteiger partial charge in [-0.2, -0.15) is 0 Å². The van der Waals surface area contributed by atoms with E-state index in [0.29, 0.717) is 18.5 Å². The zero-order chi connectivity index (χ0) is 19.3. The number of benzene rings is 1. The fourth-order valence-electron chi connectivity index (χ4n) is 3.66. The van der Waals surface area contributed by atoms with E-state index in [2.05, 4.69) is 15.6 Å². The van der Waals surface area contributed by atoms with Crippen LogP contribution < -0.4 is 15.5 Å².